The van der Waals surface area contributed by atoms with E-state index in [-0.39, 0.29) is 5.91 Å². The number of guanidine groups is 1. The number of aromatic nitrogens is 2. The second-order valence-electron chi connectivity index (χ2n) is 5.59. The number of aliphatic imine (C=N–C) groups is 1. The number of nitrogens with one attached hydrogen (secondary N) is 2. The van der Waals surface area contributed by atoms with Crippen molar-refractivity contribution in [2.75, 3.05) is 64.9 Å². The van der Waals surface area contributed by atoms with Gasteiger partial charge >= 0.3 is 0 Å². The topological polar surface area (TPSA) is 95.0 Å². The Balaban J connectivity index is 1.67. The Morgan fingerprint density at radius 3 is 2.52 bits per heavy atom. The minimum Gasteiger partial charge on any atom is -0.383 e. The van der Waals surface area contributed by atoms with Crippen LogP contribution in [0.1, 0.15) is 6.42 Å². The van der Waals surface area contributed by atoms with Crippen LogP contribution in [0.3, 0.4) is 0 Å². The first-order valence-corrected chi connectivity index (χ1v) is 8.47. The van der Waals surface area contributed by atoms with E-state index in [1.54, 1.807) is 32.6 Å². The Morgan fingerprint density at radius 2 is 1.88 bits per heavy atom. The summed E-state index contributed by atoms with van der Waals surface area (Å²) in [5.74, 6) is 1.55. The quantitative estimate of drug-likeness (QED) is 0.383. The fraction of sp³-hybridized carbons (Fsp3) is 0.625. The van der Waals surface area contributed by atoms with Crippen LogP contribution in [0.4, 0.5) is 5.95 Å². The van der Waals surface area contributed by atoms with Gasteiger partial charge in [-0.25, -0.2) is 9.97 Å². The summed E-state index contributed by atoms with van der Waals surface area (Å²) in [5, 5.41) is 6.25. The van der Waals surface area contributed by atoms with Crippen molar-refractivity contribution < 1.29 is 9.53 Å². The number of piperazine rings is 1. The average Bonchev–Trinajstić information content (AvgIpc) is 2.67. The van der Waals surface area contributed by atoms with Crippen molar-refractivity contribution >= 4 is 17.8 Å². The number of carbonyl (C=O) groups excluding carboxylic acids is 1. The lowest BCUT2D eigenvalue weighted by Gasteiger charge is -2.34. The molecule has 25 heavy (non-hydrogen) atoms. The lowest BCUT2D eigenvalue weighted by atomic mass is 10.3. The van der Waals surface area contributed by atoms with Crippen molar-refractivity contribution in [1.29, 1.82) is 0 Å². The van der Waals surface area contributed by atoms with E-state index < -0.39 is 0 Å². The SMILES string of the molecule is CN=C(NCCOC)NCCC(=O)N1CCN(c2ncccn2)CC1. The second-order valence-corrected chi connectivity index (χ2v) is 5.59. The summed E-state index contributed by atoms with van der Waals surface area (Å²) < 4.78 is 4.98. The predicted octanol–water partition coefficient (Wildman–Crippen LogP) is -0.673. The van der Waals surface area contributed by atoms with Gasteiger partial charge in [0.15, 0.2) is 5.96 Å². The molecule has 2 rings (SSSR count). The van der Waals surface area contributed by atoms with Gasteiger partial charge in [-0.15, -0.1) is 0 Å². The summed E-state index contributed by atoms with van der Waals surface area (Å²) in [6, 6.07) is 1.80. The van der Waals surface area contributed by atoms with E-state index in [2.05, 4.69) is 30.5 Å². The molecule has 0 radical (unpaired) electrons. The normalized spacial score (nSPS) is 15.2. The molecule has 9 nitrogen and oxygen atoms in total. The zero-order valence-electron chi connectivity index (χ0n) is 14.9. The van der Waals surface area contributed by atoms with E-state index in [1.807, 2.05) is 4.90 Å². The first-order chi connectivity index (χ1) is 12.2. The van der Waals surface area contributed by atoms with Crippen LogP contribution >= 0.6 is 0 Å². The molecule has 0 aliphatic carbocycles. The molecule has 9 heteroatoms. The molecule has 0 saturated carbocycles. The van der Waals surface area contributed by atoms with Crippen LogP contribution in [-0.4, -0.2) is 86.8 Å². The number of nitrogens with zero attached hydrogens (tertiary/aromatic N) is 5. The fourth-order valence-electron chi connectivity index (χ4n) is 2.55. The van der Waals surface area contributed by atoms with Crippen LogP contribution in [0.15, 0.2) is 23.5 Å². The smallest absolute Gasteiger partial charge is 0.225 e. The predicted molar refractivity (Wildman–Crippen MR) is 96.7 cm³/mol. The van der Waals surface area contributed by atoms with Crippen molar-refractivity contribution in [2.45, 2.75) is 6.42 Å². The third-order valence-corrected chi connectivity index (χ3v) is 3.92. The van der Waals surface area contributed by atoms with E-state index in [0.717, 1.165) is 19.0 Å². The van der Waals surface area contributed by atoms with Crippen molar-refractivity contribution in [3.8, 4) is 0 Å². The van der Waals surface area contributed by atoms with Crippen molar-refractivity contribution in [1.82, 2.24) is 25.5 Å². The molecule has 1 saturated heterocycles. The lowest BCUT2D eigenvalue weighted by Crippen LogP contribution is -2.50. The number of ether oxygens (including phenoxy) is 1. The van der Waals surface area contributed by atoms with Gasteiger partial charge in [-0.2, -0.15) is 0 Å². The Kier molecular flexibility index (Phi) is 7.90. The molecule has 0 aromatic carbocycles. The molecule has 1 amide bonds. The highest BCUT2D eigenvalue weighted by atomic mass is 16.5. The van der Waals surface area contributed by atoms with Crippen molar-refractivity contribution in [3.05, 3.63) is 18.5 Å². The van der Waals surface area contributed by atoms with Crippen LogP contribution < -0.4 is 15.5 Å². The third kappa shape index (κ3) is 6.18. The largest absolute Gasteiger partial charge is 0.383 e. The molecule has 0 bridgehead atoms. The summed E-state index contributed by atoms with van der Waals surface area (Å²) in [4.78, 5) is 28.9. The Labute approximate surface area is 148 Å². The number of carbonyl (C=O) groups is 1. The highest BCUT2D eigenvalue weighted by Crippen LogP contribution is 2.10. The maximum absolute atomic E-state index is 12.3. The summed E-state index contributed by atoms with van der Waals surface area (Å²) in [6.45, 7) is 4.72. The van der Waals surface area contributed by atoms with E-state index in [9.17, 15) is 4.79 Å². The molecule has 2 N–H and O–H groups in total. The third-order valence-electron chi connectivity index (χ3n) is 3.92. The number of hydrogen-bond donors (Lipinski definition) is 2. The molecule has 1 aromatic heterocycles. The first kappa shape index (κ1) is 18.9. The standard InChI is InChI=1S/C16H27N7O2/c1-17-15(19-8-13-25-2)18-7-4-14(24)22-9-11-23(12-10-22)16-20-5-3-6-21-16/h3,5-6H,4,7-13H2,1-2H3,(H2,17,18,19). The Morgan fingerprint density at radius 1 is 1.20 bits per heavy atom. The molecular formula is C16H27N7O2. The summed E-state index contributed by atoms with van der Waals surface area (Å²) in [5.41, 5.74) is 0. The van der Waals surface area contributed by atoms with E-state index in [1.165, 1.54) is 0 Å². The second kappa shape index (κ2) is 10.4. The van der Waals surface area contributed by atoms with E-state index >= 15 is 0 Å². The first-order valence-electron chi connectivity index (χ1n) is 8.47. The van der Waals surface area contributed by atoms with Gasteiger partial charge in [-0.05, 0) is 6.07 Å². The van der Waals surface area contributed by atoms with Gasteiger partial charge in [0.25, 0.3) is 0 Å². The van der Waals surface area contributed by atoms with Crippen molar-refractivity contribution in [2.24, 2.45) is 4.99 Å². The monoisotopic (exact) mass is 349 g/mol. The molecule has 2 heterocycles. The number of amides is 1. The molecule has 1 aliphatic heterocycles. The zero-order chi connectivity index (χ0) is 17.9. The molecule has 0 atom stereocenters. The van der Waals surface area contributed by atoms with Gasteiger partial charge < -0.3 is 25.2 Å². The number of hydrogen-bond acceptors (Lipinski definition) is 6. The highest BCUT2D eigenvalue weighted by Gasteiger charge is 2.22. The average molecular weight is 349 g/mol. The summed E-state index contributed by atoms with van der Waals surface area (Å²) in [7, 11) is 3.36. The molecular weight excluding hydrogens is 322 g/mol. The highest BCUT2D eigenvalue weighted by molar-refractivity contribution is 5.81. The molecule has 138 valence electrons. The van der Waals surface area contributed by atoms with Crippen LogP contribution in [0.25, 0.3) is 0 Å². The van der Waals surface area contributed by atoms with Gasteiger partial charge in [0, 0.05) is 72.2 Å². The summed E-state index contributed by atoms with van der Waals surface area (Å²) >= 11 is 0. The minimum absolute atomic E-state index is 0.147. The fourth-order valence-corrected chi connectivity index (χ4v) is 2.55. The lowest BCUT2D eigenvalue weighted by molar-refractivity contribution is -0.131. The van der Waals surface area contributed by atoms with Gasteiger partial charge in [-0.3, -0.25) is 9.79 Å². The molecule has 0 unspecified atom stereocenters. The molecule has 1 fully saturated rings. The van der Waals surface area contributed by atoms with Crippen LogP contribution in [0.2, 0.25) is 0 Å². The zero-order valence-corrected chi connectivity index (χ0v) is 14.9. The Bertz CT molecular complexity index is 545. The summed E-state index contributed by atoms with van der Waals surface area (Å²) in [6.07, 6.45) is 3.91. The van der Waals surface area contributed by atoms with E-state index in [0.29, 0.717) is 45.2 Å². The van der Waals surface area contributed by atoms with Gasteiger partial charge in [0.2, 0.25) is 11.9 Å². The van der Waals surface area contributed by atoms with Gasteiger partial charge in [-0.1, -0.05) is 0 Å². The number of rotatable bonds is 7. The van der Waals surface area contributed by atoms with Crippen molar-refractivity contribution in [3.63, 3.8) is 0 Å². The van der Waals surface area contributed by atoms with Crippen LogP contribution in [-0.2, 0) is 9.53 Å². The van der Waals surface area contributed by atoms with E-state index in [4.69, 9.17) is 4.74 Å². The number of methoxy groups -OCH3 is 1. The number of anilines is 1. The van der Waals surface area contributed by atoms with Gasteiger partial charge in [0.1, 0.15) is 0 Å². The Hall–Kier alpha value is -2.42. The molecule has 1 aliphatic rings. The van der Waals surface area contributed by atoms with Gasteiger partial charge in [0.05, 0.1) is 6.61 Å². The maximum atomic E-state index is 12.3. The minimum atomic E-state index is 0.147. The van der Waals surface area contributed by atoms with Crippen LogP contribution in [0, 0.1) is 0 Å². The molecule has 0 spiro atoms. The molecule has 1 aromatic rings. The van der Waals surface area contributed by atoms with Crippen LogP contribution in [0.5, 0.6) is 0 Å². The maximum Gasteiger partial charge on any atom is 0.225 e.